The van der Waals surface area contributed by atoms with E-state index in [2.05, 4.69) is 262 Å². The fourth-order valence-electron chi connectivity index (χ4n) is 11.3. The molecular formula is C40H120O18Si19. The van der Waals surface area contributed by atoms with Crippen molar-refractivity contribution in [2.75, 3.05) is 0 Å². The second-order valence-corrected chi connectivity index (χ2v) is 101. The minimum absolute atomic E-state index is 1.79. The van der Waals surface area contributed by atoms with Gasteiger partial charge in [0.25, 0.3) is 0 Å². The molecule has 0 bridgehead atoms. The van der Waals surface area contributed by atoms with Gasteiger partial charge in [0.2, 0.25) is 0 Å². The van der Waals surface area contributed by atoms with Crippen molar-refractivity contribution in [1.29, 1.82) is 0 Å². The van der Waals surface area contributed by atoms with Crippen LogP contribution in [0.3, 0.4) is 0 Å². The van der Waals surface area contributed by atoms with Crippen LogP contribution in [0.2, 0.25) is 262 Å². The molecule has 0 aromatic carbocycles. The molecular weight excluding hydrogens is 1300 g/mol. The summed E-state index contributed by atoms with van der Waals surface area (Å²) in [5.41, 5.74) is 0. The van der Waals surface area contributed by atoms with Gasteiger partial charge in [-0.1, -0.05) is 0 Å². The normalized spacial score (nSPS) is 16.2. The van der Waals surface area contributed by atoms with E-state index in [9.17, 15) is 0 Å². The molecule has 77 heavy (non-hydrogen) atoms. The van der Waals surface area contributed by atoms with Gasteiger partial charge in [0.05, 0.1) is 0 Å². The Morgan fingerprint density at radius 2 is 0.143 bits per heavy atom. The minimum atomic E-state index is -2.84. The van der Waals surface area contributed by atoms with Crippen LogP contribution in [0.1, 0.15) is 0 Å². The summed E-state index contributed by atoms with van der Waals surface area (Å²) in [7, 11) is -49.9. The molecule has 0 aromatic rings. The first-order chi connectivity index (χ1) is 32.7. The average Bonchev–Trinajstić information content (AvgIpc) is 2.86. The highest BCUT2D eigenvalue weighted by Gasteiger charge is 2.54. The summed E-state index contributed by atoms with van der Waals surface area (Å²) in [6, 6.07) is 0. The van der Waals surface area contributed by atoms with E-state index in [1.807, 2.05) is 0 Å². The second-order valence-electron chi connectivity index (χ2n) is 29.9. The van der Waals surface area contributed by atoms with Gasteiger partial charge >= 0.3 is 146 Å². The summed E-state index contributed by atoms with van der Waals surface area (Å²) in [6.07, 6.45) is 0. The summed E-state index contributed by atoms with van der Waals surface area (Å²) >= 11 is 0. The zero-order chi connectivity index (χ0) is 62.2. The molecule has 0 N–H and O–H groups in total. The smallest absolute Gasteiger partial charge is 0.314 e. The van der Waals surface area contributed by atoms with E-state index in [0.717, 1.165) is 0 Å². The van der Waals surface area contributed by atoms with Crippen LogP contribution in [0.25, 0.3) is 0 Å². The molecule has 0 radical (unpaired) electrons. The first-order valence-corrected chi connectivity index (χ1v) is 82.0. The largest absolute Gasteiger partial charge is 0.437 e. The predicted molar refractivity (Wildman–Crippen MR) is 363 cm³/mol. The van der Waals surface area contributed by atoms with Gasteiger partial charge in [-0.3, -0.25) is 0 Å². The molecule has 0 aliphatic carbocycles. The molecule has 0 aliphatic rings. The van der Waals surface area contributed by atoms with Crippen molar-refractivity contribution in [1.82, 2.24) is 0 Å². The van der Waals surface area contributed by atoms with E-state index >= 15 is 0 Å². The molecule has 0 spiro atoms. The highest BCUT2D eigenvalue weighted by Crippen LogP contribution is 2.34. The molecule has 0 rings (SSSR count). The second kappa shape index (κ2) is 26.6. The molecule has 0 heterocycles. The van der Waals surface area contributed by atoms with Gasteiger partial charge in [-0.05, 0) is 262 Å². The average molecular weight is 1420 g/mol. The quantitative estimate of drug-likeness (QED) is 0.0543. The first kappa shape index (κ1) is 80.4. The molecule has 0 saturated carbocycles. The van der Waals surface area contributed by atoms with Crippen LogP contribution in [0, 0.1) is 0 Å². The first-order valence-electron chi connectivity index (χ1n) is 27.3. The van der Waals surface area contributed by atoms with Crippen LogP contribution in [0.15, 0.2) is 0 Å². The Hall–Kier alpha value is 3.40. The van der Waals surface area contributed by atoms with Gasteiger partial charge in [0, 0.05) is 0 Å². The van der Waals surface area contributed by atoms with Crippen molar-refractivity contribution in [2.24, 2.45) is 0 Å². The van der Waals surface area contributed by atoms with Crippen molar-refractivity contribution in [3.8, 4) is 0 Å². The molecule has 0 fully saturated rings. The van der Waals surface area contributed by atoms with Crippen molar-refractivity contribution in [3.63, 3.8) is 0 Å². The molecule has 0 amide bonds. The van der Waals surface area contributed by atoms with Crippen LogP contribution in [0.5, 0.6) is 0 Å². The fourth-order valence-corrected chi connectivity index (χ4v) is 108. The summed E-state index contributed by atoms with van der Waals surface area (Å²) in [5.74, 6) is 0. The molecule has 0 aromatic heterocycles. The van der Waals surface area contributed by atoms with Gasteiger partial charge in [0.15, 0.2) is 16.6 Å². The molecule has 0 saturated heterocycles. The molecule has 0 aliphatic heterocycles. The van der Waals surface area contributed by atoms with E-state index in [4.69, 9.17) is 74.1 Å². The van der Waals surface area contributed by atoms with E-state index < -0.39 is 162 Å². The fraction of sp³-hybridized carbons (Fsp3) is 1.00. The summed E-state index contributed by atoms with van der Waals surface area (Å²) in [4.78, 5) is 0. The van der Waals surface area contributed by atoms with Crippen molar-refractivity contribution in [2.45, 2.75) is 262 Å². The van der Waals surface area contributed by atoms with Gasteiger partial charge < -0.3 is 74.1 Å². The van der Waals surface area contributed by atoms with Crippen molar-refractivity contribution < 1.29 is 74.1 Å². The zero-order valence-corrected chi connectivity index (χ0v) is 75.8. The summed E-state index contributed by atoms with van der Waals surface area (Å²) in [5, 5.41) is 0. The maximum absolute atomic E-state index is 6.93. The third-order valence-electron chi connectivity index (χ3n) is 8.97. The Labute approximate surface area is 494 Å². The van der Waals surface area contributed by atoms with E-state index in [1.165, 1.54) is 0 Å². The maximum atomic E-state index is 6.93. The van der Waals surface area contributed by atoms with Crippen molar-refractivity contribution >= 4 is 162 Å². The highest BCUT2D eigenvalue weighted by atomic mass is 28.6. The third kappa shape index (κ3) is 38.3. The number of rotatable bonds is 36. The van der Waals surface area contributed by atoms with E-state index in [-0.39, 0.29) is 0 Å². The molecule has 464 valence electrons. The van der Waals surface area contributed by atoms with Gasteiger partial charge in [-0.25, -0.2) is 0 Å². The minimum Gasteiger partial charge on any atom is -0.437 e. The molecule has 0 unspecified atom stereocenters. The van der Waals surface area contributed by atoms with E-state index in [0.29, 0.717) is 0 Å². The Kier molecular flexibility index (Phi) is 27.8. The molecule has 0 atom stereocenters. The lowest BCUT2D eigenvalue weighted by Crippen LogP contribution is -2.63. The van der Waals surface area contributed by atoms with Gasteiger partial charge in [-0.15, -0.1) is 0 Å². The monoisotopic (exact) mass is 1420 g/mol. The number of hydrogen-bond donors (Lipinski definition) is 0. The third-order valence-corrected chi connectivity index (χ3v) is 80.7. The molecule has 37 heteroatoms. The van der Waals surface area contributed by atoms with E-state index in [1.54, 1.807) is 0 Å². The SMILES string of the molecule is C[Si](C)(C)O[Si](C)(C)O[Si](C)(C)O[Si](C)(C)O[Si](C)(C)O[Si](C)(C)O[Si](C)(C)O[Si](C)(C)O[Si](C)(C)O[Si](C)(C)O[Si](C)(C)O[Si](C)(C)O[Si](C)(C)O[Si](C)(C)O[Si](C)(C)O[Si](C)(C)O[Si](C)(C)O[Si](C)(C)O[Si](C)(C)C. The van der Waals surface area contributed by atoms with Crippen LogP contribution >= 0.6 is 0 Å². The zero-order valence-electron chi connectivity index (χ0n) is 56.8. The Balaban J connectivity index is 5.80. The van der Waals surface area contributed by atoms with Gasteiger partial charge in [0.1, 0.15) is 0 Å². The Morgan fingerprint density at radius 3 is 0.195 bits per heavy atom. The highest BCUT2D eigenvalue weighted by molar-refractivity contribution is 6.96. The molecule has 18 nitrogen and oxygen atoms in total. The maximum Gasteiger partial charge on any atom is 0.314 e. The summed E-state index contributed by atoms with van der Waals surface area (Å²) < 4.78 is 123. The van der Waals surface area contributed by atoms with Gasteiger partial charge in [-0.2, -0.15) is 0 Å². The lowest BCUT2D eigenvalue weighted by atomic mass is 11.8. The van der Waals surface area contributed by atoms with Crippen LogP contribution in [-0.4, -0.2) is 162 Å². The van der Waals surface area contributed by atoms with Crippen LogP contribution in [-0.2, 0) is 74.1 Å². The standard InChI is InChI=1S/C40H120O18Si19/c1-59(2,3)41-61(7,8)43-63(11,12)45-65(15,16)47-67(19,20)49-69(23,24)51-71(27,28)53-73(31,32)55-75(35,36)57-77(39,40)58-76(37,38)56-74(33,34)54-72(29,30)52-70(25,26)50-68(21,22)48-66(17,18)46-64(13,14)44-62(9,10)42-60(4,5)6/h1-40H3. The summed E-state index contributed by atoms with van der Waals surface area (Å²) in [6.45, 7) is 83.5. The van der Waals surface area contributed by atoms with Crippen molar-refractivity contribution in [3.05, 3.63) is 0 Å². The Morgan fingerprint density at radius 1 is 0.0909 bits per heavy atom. The topological polar surface area (TPSA) is 166 Å². The van der Waals surface area contributed by atoms with Crippen LogP contribution < -0.4 is 0 Å². The Bertz CT molecular complexity index is 1760. The predicted octanol–water partition coefficient (Wildman–Crippen LogP) is 14.9. The van der Waals surface area contributed by atoms with Crippen LogP contribution in [0.4, 0.5) is 0 Å². The lowest BCUT2D eigenvalue weighted by Gasteiger charge is -2.45. The number of hydrogen-bond acceptors (Lipinski definition) is 18. The lowest BCUT2D eigenvalue weighted by molar-refractivity contribution is 0.250.